The molecule has 1 aliphatic rings. The van der Waals surface area contributed by atoms with E-state index in [1.54, 1.807) is 0 Å². The largest absolute Gasteiger partial charge is 0.380 e. The molecule has 3 nitrogen and oxygen atoms in total. The molecular weight excluding hydrogens is 222 g/mol. The second kappa shape index (κ2) is 4.30. The molecule has 1 saturated carbocycles. The van der Waals surface area contributed by atoms with Crippen LogP contribution in [0.3, 0.4) is 0 Å². The van der Waals surface area contributed by atoms with E-state index in [9.17, 15) is 0 Å². The highest BCUT2D eigenvalue weighted by molar-refractivity contribution is 5.90. The van der Waals surface area contributed by atoms with Gasteiger partial charge in [0.1, 0.15) is 0 Å². The zero-order chi connectivity index (χ0) is 12.6. The molecule has 1 atom stereocenters. The van der Waals surface area contributed by atoms with Gasteiger partial charge in [0, 0.05) is 11.4 Å². The van der Waals surface area contributed by atoms with Crippen LogP contribution in [0.15, 0.2) is 24.4 Å². The number of hydrogen-bond acceptors (Lipinski definition) is 2. The minimum atomic E-state index is 0.375. The molecular formula is C15H21N3. The van der Waals surface area contributed by atoms with Crippen LogP contribution in [0.2, 0.25) is 0 Å². The smallest absolute Gasteiger partial charge is 0.0881 e. The van der Waals surface area contributed by atoms with Gasteiger partial charge in [-0.25, -0.2) is 0 Å². The van der Waals surface area contributed by atoms with Crippen LogP contribution in [0, 0.1) is 5.41 Å². The zero-order valence-corrected chi connectivity index (χ0v) is 11.2. The molecule has 0 saturated heterocycles. The van der Waals surface area contributed by atoms with E-state index in [2.05, 4.69) is 47.6 Å². The fourth-order valence-electron chi connectivity index (χ4n) is 3.04. The van der Waals surface area contributed by atoms with Crippen molar-refractivity contribution in [1.29, 1.82) is 0 Å². The predicted octanol–water partition coefficient (Wildman–Crippen LogP) is 3.94. The van der Waals surface area contributed by atoms with E-state index in [-0.39, 0.29) is 0 Å². The Morgan fingerprint density at radius 3 is 3.06 bits per heavy atom. The van der Waals surface area contributed by atoms with Gasteiger partial charge in [-0.05, 0) is 24.3 Å². The molecule has 3 heteroatoms. The number of hydrogen-bond donors (Lipinski definition) is 2. The minimum Gasteiger partial charge on any atom is -0.380 e. The third-order valence-electron chi connectivity index (χ3n) is 4.31. The van der Waals surface area contributed by atoms with Crippen molar-refractivity contribution in [2.45, 2.75) is 45.6 Å². The molecule has 1 unspecified atom stereocenters. The molecule has 18 heavy (non-hydrogen) atoms. The van der Waals surface area contributed by atoms with Crippen LogP contribution >= 0.6 is 0 Å². The molecule has 3 rings (SSSR count). The molecule has 96 valence electrons. The van der Waals surface area contributed by atoms with Crippen LogP contribution in [0.5, 0.6) is 0 Å². The highest BCUT2D eigenvalue weighted by atomic mass is 15.1. The molecule has 0 spiro atoms. The molecule has 1 aliphatic carbocycles. The number of H-pyrrole nitrogens is 1. The molecule has 2 aromatic rings. The summed E-state index contributed by atoms with van der Waals surface area (Å²) in [5, 5.41) is 12.1. The van der Waals surface area contributed by atoms with Crippen LogP contribution in [-0.4, -0.2) is 16.2 Å². The van der Waals surface area contributed by atoms with Gasteiger partial charge >= 0.3 is 0 Å². The molecule has 1 aromatic heterocycles. The minimum absolute atomic E-state index is 0.375. The number of rotatable bonds is 2. The van der Waals surface area contributed by atoms with E-state index in [1.165, 1.54) is 36.8 Å². The molecule has 1 aromatic carbocycles. The van der Waals surface area contributed by atoms with Crippen LogP contribution < -0.4 is 5.32 Å². The summed E-state index contributed by atoms with van der Waals surface area (Å²) in [6.45, 7) is 4.74. The number of anilines is 1. The topological polar surface area (TPSA) is 40.7 Å². The van der Waals surface area contributed by atoms with Gasteiger partial charge in [0.25, 0.3) is 0 Å². The summed E-state index contributed by atoms with van der Waals surface area (Å²) in [4.78, 5) is 0. The molecule has 2 N–H and O–H groups in total. The van der Waals surface area contributed by atoms with Crippen LogP contribution in [-0.2, 0) is 0 Å². The quantitative estimate of drug-likeness (QED) is 0.838. The standard InChI is InChI=1S/C15H21N3/c1-15(2)9-4-3-8-13(15)17-12-7-5-6-11-10-16-18-14(11)12/h5-7,10,13,17H,3-4,8-9H2,1-2H3,(H,16,18). The normalized spacial score (nSPS) is 23.1. The van der Waals surface area contributed by atoms with E-state index in [0.717, 1.165) is 5.52 Å². The van der Waals surface area contributed by atoms with Gasteiger partial charge in [0.15, 0.2) is 0 Å². The number of para-hydroxylation sites is 1. The fraction of sp³-hybridized carbons (Fsp3) is 0.533. The van der Waals surface area contributed by atoms with Crippen LogP contribution in [0.4, 0.5) is 5.69 Å². The van der Waals surface area contributed by atoms with Crippen molar-refractivity contribution in [3.8, 4) is 0 Å². The average molecular weight is 243 g/mol. The van der Waals surface area contributed by atoms with Gasteiger partial charge in [0.05, 0.1) is 17.4 Å². The Labute approximate surface area is 108 Å². The van der Waals surface area contributed by atoms with E-state index in [1.807, 2.05) is 6.20 Å². The fourth-order valence-corrected chi connectivity index (χ4v) is 3.04. The maximum absolute atomic E-state index is 4.13. The van der Waals surface area contributed by atoms with Crippen molar-refractivity contribution >= 4 is 16.6 Å². The van der Waals surface area contributed by atoms with Crippen molar-refractivity contribution in [2.24, 2.45) is 5.41 Å². The van der Waals surface area contributed by atoms with Gasteiger partial charge in [-0.15, -0.1) is 0 Å². The molecule has 0 amide bonds. The predicted molar refractivity (Wildman–Crippen MR) is 75.8 cm³/mol. The van der Waals surface area contributed by atoms with Gasteiger partial charge in [-0.1, -0.05) is 38.8 Å². The average Bonchev–Trinajstić information content (AvgIpc) is 2.81. The molecule has 0 bridgehead atoms. The van der Waals surface area contributed by atoms with Gasteiger partial charge < -0.3 is 5.32 Å². The van der Waals surface area contributed by atoms with Crippen molar-refractivity contribution < 1.29 is 0 Å². The first-order valence-electron chi connectivity index (χ1n) is 6.85. The van der Waals surface area contributed by atoms with E-state index >= 15 is 0 Å². The number of aromatic amines is 1. The lowest BCUT2D eigenvalue weighted by molar-refractivity contribution is 0.217. The SMILES string of the molecule is CC1(C)CCCCC1Nc1cccc2cn[nH]c12. The number of fused-ring (bicyclic) bond motifs is 1. The van der Waals surface area contributed by atoms with E-state index in [4.69, 9.17) is 0 Å². The Hall–Kier alpha value is -1.51. The van der Waals surface area contributed by atoms with Crippen molar-refractivity contribution in [2.75, 3.05) is 5.32 Å². The monoisotopic (exact) mass is 243 g/mol. The highest BCUT2D eigenvalue weighted by Gasteiger charge is 2.32. The summed E-state index contributed by atoms with van der Waals surface area (Å²) in [6, 6.07) is 6.89. The Morgan fingerprint density at radius 2 is 2.22 bits per heavy atom. The third kappa shape index (κ3) is 1.98. The number of benzene rings is 1. The first-order valence-corrected chi connectivity index (χ1v) is 6.85. The second-order valence-electron chi connectivity index (χ2n) is 6.07. The summed E-state index contributed by atoms with van der Waals surface area (Å²) in [7, 11) is 0. The van der Waals surface area contributed by atoms with Gasteiger partial charge in [-0.2, -0.15) is 5.10 Å². The third-order valence-corrected chi connectivity index (χ3v) is 4.31. The Bertz CT molecular complexity index is 541. The van der Waals surface area contributed by atoms with Crippen molar-refractivity contribution in [3.63, 3.8) is 0 Å². The van der Waals surface area contributed by atoms with E-state index in [0.29, 0.717) is 11.5 Å². The Kier molecular flexibility index (Phi) is 2.77. The van der Waals surface area contributed by atoms with Gasteiger partial charge in [0.2, 0.25) is 0 Å². The first-order chi connectivity index (χ1) is 8.67. The summed E-state index contributed by atoms with van der Waals surface area (Å²) < 4.78 is 0. The first kappa shape index (κ1) is 11.6. The Balaban J connectivity index is 1.89. The second-order valence-corrected chi connectivity index (χ2v) is 6.07. The summed E-state index contributed by atoms with van der Waals surface area (Å²) >= 11 is 0. The molecule has 1 heterocycles. The molecule has 1 fully saturated rings. The van der Waals surface area contributed by atoms with E-state index < -0.39 is 0 Å². The lowest BCUT2D eigenvalue weighted by Crippen LogP contribution is -2.38. The molecule has 0 aliphatic heterocycles. The maximum atomic E-state index is 4.13. The lowest BCUT2D eigenvalue weighted by Gasteiger charge is -2.39. The number of nitrogens with one attached hydrogen (secondary N) is 2. The summed E-state index contributed by atoms with van der Waals surface area (Å²) in [5.41, 5.74) is 2.68. The van der Waals surface area contributed by atoms with Crippen LogP contribution in [0.25, 0.3) is 10.9 Å². The Morgan fingerprint density at radius 1 is 1.33 bits per heavy atom. The molecule has 0 radical (unpaired) electrons. The summed E-state index contributed by atoms with van der Waals surface area (Å²) in [5.74, 6) is 0. The number of aromatic nitrogens is 2. The highest BCUT2D eigenvalue weighted by Crippen LogP contribution is 2.38. The zero-order valence-electron chi connectivity index (χ0n) is 11.2. The summed E-state index contributed by atoms with van der Waals surface area (Å²) in [6.07, 6.45) is 7.15. The van der Waals surface area contributed by atoms with Crippen molar-refractivity contribution in [3.05, 3.63) is 24.4 Å². The van der Waals surface area contributed by atoms with Crippen molar-refractivity contribution in [1.82, 2.24) is 10.2 Å². The maximum Gasteiger partial charge on any atom is 0.0881 e. The van der Waals surface area contributed by atoms with Gasteiger partial charge in [-0.3, -0.25) is 5.10 Å². The van der Waals surface area contributed by atoms with Crippen LogP contribution in [0.1, 0.15) is 39.5 Å². The number of nitrogens with zero attached hydrogens (tertiary/aromatic N) is 1. The lowest BCUT2D eigenvalue weighted by atomic mass is 9.73.